The lowest BCUT2D eigenvalue weighted by molar-refractivity contribution is -0.876. The van der Waals surface area contributed by atoms with Crippen molar-refractivity contribution in [2.45, 2.75) is 122 Å². The summed E-state index contributed by atoms with van der Waals surface area (Å²) in [6.45, 7) is 6.69. The number of aliphatic carboxylic acids is 1. The highest BCUT2D eigenvalue weighted by Gasteiger charge is 2.44. The number of likely N-dealkylation sites (N-methyl/N-ethyl adjacent to an activating group) is 1. The zero-order chi connectivity index (χ0) is 23.0. The minimum atomic E-state index is -1.30. The second kappa shape index (κ2) is 15.8. The van der Waals surface area contributed by atoms with Gasteiger partial charge >= 0.3 is 0 Å². The third-order valence-electron chi connectivity index (χ3n) is 5.57. The summed E-state index contributed by atoms with van der Waals surface area (Å²) in [5.74, 6) is -1.29. The van der Waals surface area contributed by atoms with Crippen molar-refractivity contribution in [1.82, 2.24) is 0 Å². The van der Waals surface area contributed by atoms with Crippen molar-refractivity contribution in [3.8, 4) is 0 Å². The van der Waals surface area contributed by atoms with E-state index in [4.69, 9.17) is 4.74 Å². The van der Waals surface area contributed by atoms with E-state index in [-0.39, 0.29) is 18.3 Å². The Morgan fingerprint density at radius 2 is 1.37 bits per heavy atom. The van der Waals surface area contributed by atoms with Crippen LogP contribution < -0.4 is 5.11 Å². The number of quaternary nitrogens is 1. The van der Waals surface area contributed by atoms with Crippen LogP contribution in [0.25, 0.3) is 0 Å². The summed E-state index contributed by atoms with van der Waals surface area (Å²) in [4.78, 5) is 24.9. The van der Waals surface area contributed by atoms with Crippen molar-refractivity contribution in [3.63, 3.8) is 0 Å². The fourth-order valence-electron chi connectivity index (χ4n) is 4.16. The van der Waals surface area contributed by atoms with Gasteiger partial charge in [-0.2, -0.15) is 0 Å². The van der Waals surface area contributed by atoms with Crippen molar-refractivity contribution < 1.29 is 23.9 Å². The van der Waals surface area contributed by atoms with E-state index >= 15 is 0 Å². The molecular weight excluding hydrogens is 378 g/mol. The number of carbonyl (C=O) groups excluding carboxylic acids is 2. The molecule has 0 amide bonds. The number of nitrogens with zero attached hydrogens (tertiary/aromatic N) is 1. The molecule has 0 bridgehead atoms. The number of rotatable bonds is 20. The zero-order valence-corrected chi connectivity index (χ0v) is 20.8. The number of ether oxygens (including phenoxy) is 1. The summed E-state index contributed by atoms with van der Waals surface area (Å²) >= 11 is 0. The Morgan fingerprint density at radius 1 is 0.867 bits per heavy atom. The number of carboxylic acids is 1. The van der Waals surface area contributed by atoms with Crippen LogP contribution in [0.3, 0.4) is 0 Å². The monoisotopic (exact) mass is 427 g/mol. The first-order chi connectivity index (χ1) is 14.1. The minimum absolute atomic E-state index is 0.0753. The van der Waals surface area contributed by atoms with Crippen molar-refractivity contribution in [2.75, 3.05) is 27.7 Å². The van der Waals surface area contributed by atoms with E-state index in [2.05, 4.69) is 13.8 Å². The molecule has 178 valence electrons. The Balaban J connectivity index is 5.07. The standard InChI is InChI=1S/C25H49NO4/c1-7-9-11-13-14-15-17-19-23(27)25(20-24(28)29,21-26(4,5)6)30-22(3)18-16-12-10-8-2/h22H,7-21H2,1-6H3. The van der Waals surface area contributed by atoms with Gasteiger partial charge in [0.05, 0.1) is 27.2 Å². The molecule has 5 nitrogen and oxygen atoms in total. The largest absolute Gasteiger partial charge is 0.550 e. The molecule has 0 aliphatic rings. The van der Waals surface area contributed by atoms with Crippen LogP contribution in [-0.4, -0.2) is 55.6 Å². The topological polar surface area (TPSA) is 66.4 Å². The van der Waals surface area contributed by atoms with E-state index in [1.807, 2.05) is 28.1 Å². The van der Waals surface area contributed by atoms with E-state index < -0.39 is 11.6 Å². The number of Topliss-reactive ketones (excluding diaryl/α,β-unsaturated/α-hetero) is 1. The molecule has 0 radical (unpaired) electrons. The maximum absolute atomic E-state index is 13.3. The summed E-state index contributed by atoms with van der Waals surface area (Å²) in [5, 5.41) is 11.6. The normalized spacial score (nSPS) is 15.0. The molecule has 0 aromatic carbocycles. The molecule has 0 saturated carbocycles. The van der Waals surface area contributed by atoms with Gasteiger partial charge < -0.3 is 19.1 Å². The van der Waals surface area contributed by atoms with Gasteiger partial charge in [-0.25, -0.2) is 0 Å². The number of carboxylic acid groups (broad SMARTS) is 1. The van der Waals surface area contributed by atoms with Gasteiger partial charge in [-0.1, -0.05) is 78.1 Å². The molecule has 0 aliphatic carbocycles. The molecule has 0 aromatic rings. The SMILES string of the molecule is CCCCCCCCCC(=O)C(CC(=O)[O-])(C[N+](C)(C)C)OC(C)CCCCCC. The molecule has 5 heteroatoms. The van der Waals surface area contributed by atoms with Gasteiger partial charge in [0.2, 0.25) is 0 Å². The molecular formula is C25H49NO4. The lowest BCUT2D eigenvalue weighted by Gasteiger charge is -2.40. The quantitative estimate of drug-likeness (QED) is 0.209. The molecule has 0 heterocycles. The Labute approximate surface area is 186 Å². The average Bonchev–Trinajstić information content (AvgIpc) is 2.62. The maximum atomic E-state index is 13.3. The van der Waals surface area contributed by atoms with E-state index in [1.54, 1.807) is 0 Å². The van der Waals surface area contributed by atoms with Gasteiger partial charge in [0, 0.05) is 18.8 Å². The van der Waals surface area contributed by atoms with Crippen molar-refractivity contribution >= 4 is 11.8 Å². The molecule has 0 N–H and O–H groups in total. The van der Waals surface area contributed by atoms with E-state index in [0.29, 0.717) is 17.4 Å². The van der Waals surface area contributed by atoms with Gasteiger partial charge in [0.1, 0.15) is 6.54 Å². The Kier molecular flexibility index (Phi) is 15.3. The first kappa shape index (κ1) is 29.1. The Hall–Kier alpha value is -0.940. The van der Waals surface area contributed by atoms with Crippen LogP contribution in [-0.2, 0) is 14.3 Å². The smallest absolute Gasteiger partial charge is 0.180 e. The molecule has 2 unspecified atom stereocenters. The predicted molar refractivity (Wildman–Crippen MR) is 122 cm³/mol. The third kappa shape index (κ3) is 14.1. The lowest BCUT2D eigenvalue weighted by atomic mass is 9.88. The fraction of sp³-hybridized carbons (Fsp3) is 0.920. The van der Waals surface area contributed by atoms with E-state index in [1.165, 1.54) is 38.5 Å². The second-order valence-electron chi connectivity index (χ2n) is 10.1. The number of ketones is 1. The molecule has 0 rings (SSSR count). The number of unbranched alkanes of at least 4 members (excludes halogenated alkanes) is 9. The minimum Gasteiger partial charge on any atom is -0.550 e. The van der Waals surface area contributed by atoms with Gasteiger partial charge in [0.25, 0.3) is 0 Å². The molecule has 0 aliphatic heterocycles. The van der Waals surface area contributed by atoms with Crippen LogP contribution in [0.1, 0.15) is 111 Å². The van der Waals surface area contributed by atoms with Crippen LogP contribution in [0.5, 0.6) is 0 Å². The van der Waals surface area contributed by atoms with E-state index in [9.17, 15) is 14.7 Å². The zero-order valence-electron chi connectivity index (χ0n) is 20.8. The highest BCUT2D eigenvalue weighted by Crippen LogP contribution is 2.27. The van der Waals surface area contributed by atoms with Crippen molar-refractivity contribution in [3.05, 3.63) is 0 Å². The predicted octanol–water partition coefficient (Wildman–Crippen LogP) is 4.66. The molecule has 0 saturated heterocycles. The van der Waals surface area contributed by atoms with Crippen LogP contribution in [0.2, 0.25) is 0 Å². The van der Waals surface area contributed by atoms with Gasteiger partial charge in [-0.05, 0) is 19.8 Å². The van der Waals surface area contributed by atoms with Crippen LogP contribution >= 0.6 is 0 Å². The molecule has 0 fully saturated rings. The summed E-state index contributed by atoms with van der Waals surface area (Å²) < 4.78 is 6.76. The van der Waals surface area contributed by atoms with Gasteiger partial charge in [-0.15, -0.1) is 0 Å². The van der Waals surface area contributed by atoms with Gasteiger partial charge in [0.15, 0.2) is 11.4 Å². The summed E-state index contributed by atoms with van der Waals surface area (Å²) in [6.07, 6.45) is 13.1. The summed E-state index contributed by atoms with van der Waals surface area (Å²) in [7, 11) is 5.92. The van der Waals surface area contributed by atoms with Crippen LogP contribution in [0.15, 0.2) is 0 Å². The maximum Gasteiger partial charge on any atom is 0.180 e. The second-order valence-corrected chi connectivity index (χ2v) is 10.1. The Bertz CT molecular complexity index is 472. The number of carbonyl (C=O) groups is 2. The molecule has 2 atom stereocenters. The van der Waals surface area contributed by atoms with Crippen LogP contribution in [0.4, 0.5) is 0 Å². The van der Waals surface area contributed by atoms with Gasteiger partial charge in [-0.3, -0.25) is 4.79 Å². The highest BCUT2D eigenvalue weighted by molar-refractivity contribution is 5.91. The summed E-state index contributed by atoms with van der Waals surface area (Å²) in [6, 6.07) is 0. The highest BCUT2D eigenvalue weighted by atomic mass is 16.5. The van der Waals surface area contributed by atoms with Crippen molar-refractivity contribution in [1.29, 1.82) is 0 Å². The molecule has 30 heavy (non-hydrogen) atoms. The molecule has 0 spiro atoms. The Morgan fingerprint density at radius 3 is 1.87 bits per heavy atom. The summed E-state index contributed by atoms with van der Waals surface area (Å²) in [5.41, 5.74) is -1.30. The molecule has 0 aromatic heterocycles. The first-order valence-corrected chi connectivity index (χ1v) is 12.3. The first-order valence-electron chi connectivity index (χ1n) is 12.3. The number of hydrogen-bond donors (Lipinski definition) is 0. The fourth-order valence-corrected chi connectivity index (χ4v) is 4.16. The van der Waals surface area contributed by atoms with E-state index in [0.717, 1.165) is 38.5 Å². The van der Waals surface area contributed by atoms with Crippen molar-refractivity contribution in [2.24, 2.45) is 0 Å². The average molecular weight is 428 g/mol. The third-order valence-corrected chi connectivity index (χ3v) is 5.57. The number of hydrogen-bond acceptors (Lipinski definition) is 4. The lowest BCUT2D eigenvalue weighted by Crippen LogP contribution is -2.58. The van der Waals surface area contributed by atoms with Crippen LogP contribution in [0, 0.1) is 0 Å².